The van der Waals surface area contributed by atoms with Crippen molar-refractivity contribution < 1.29 is 4.42 Å². The van der Waals surface area contributed by atoms with Crippen molar-refractivity contribution in [1.29, 1.82) is 0 Å². The third-order valence-corrected chi connectivity index (χ3v) is 4.09. The average molecular weight is 273 g/mol. The van der Waals surface area contributed by atoms with Crippen molar-refractivity contribution in [2.75, 3.05) is 6.54 Å². The summed E-state index contributed by atoms with van der Waals surface area (Å²) in [6.45, 7) is 6.67. The Morgan fingerprint density at radius 3 is 3.20 bits per heavy atom. The molecule has 0 radical (unpaired) electrons. The largest absolute Gasteiger partial charge is 0.469 e. The molecule has 2 aromatic rings. The highest BCUT2D eigenvalue weighted by Gasteiger charge is 2.33. The Morgan fingerprint density at radius 2 is 2.40 bits per heavy atom. The van der Waals surface area contributed by atoms with E-state index < -0.39 is 0 Å². The summed E-state index contributed by atoms with van der Waals surface area (Å²) in [4.78, 5) is 4.06. The zero-order chi connectivity index (χ0) is 14.0. The quantitative estimate of drug-likeness (QED) is 0.851. The molecule has 0 bridgehead atoms. The van der Waals surface area contributed by atoms with Gasteiger partial charge in [0.05, 0.1) is 12.6 Å². The van der Waals surface area contributed by atoms with Crippen molar-refractivity contribution in [2.24, 2.45) is 5.41 Å². The van der Waals surface area contributed by atoms with Crippen molar-refractivity contribution in [3.8, 4) is 0 Å². The van der Waals surface area contributed by atoms with Gasteiger partial charge in [-0.2, -0.15) is 0 Å². The van der Waals surface area contributed by atoms with Crippen LogP contribution >= 0.6 is 0 Å². The maximum atomic E-state index is 5.63. The second-order valence-corrected chi connectivity index (χ2v) is 6.51. The van der Waals surface area contributed by atoms with Crippen LogP contribution in [-0.2, 0) is 13.0 Å². The van der Waals surface area contributed by atoms with Crippen LogP contribution < -0.4 is 5.32 Å². The molecule has 0 saturated carbocycles. The number of fused-ring (bicyclic) bond motifs is 1. The van der Waals surface area contributed by atoms with E-state index in [1.165, 1.54) is 12.0 Å². The zero-order valence-corrected chi connectivity index (χ0v) is 12.3. The number of nitrogens with zero attached hydrogens (tertiary/aromatic N) is 2. The molecule has 0 aromatic carbocycles. The van der Waals surface area contributed by atoms with Gasteiger partial charge in [-0.15, -0.1) is 0 Å². The fourth-order valence-corrected chi connectivity index (χ4v) is 3.11. The number of furan rings is 1. The Kier molecular flexibility index (Phi) is 3.66. The lowest BCUT2D eigenvalue weighted by Crippen LogP contribution is -2.33. The van der Waals surface area contributed by atoms with E-state index >= 15 is 0 Å². The normalized spacial score (nSPS) is 20.8. The summed E-state index contributed by atoms with van der Waals surface area (Å²) >= 11 is 0. The van der Waals surface area contributed by atoms with Gasteiger partial charge in [-0.25, -0.2) is 4.98 Å². The van der Waals surface area contributed by atoms with Gasteiger partial charge < -0.3 is 14.3 Å². The first-order valence-electron chi connectivity index (χ1n) is 7.39. The highest BCUT2D eigenvalue weighted by Crippen LogP contribution is 2.41. The monoisotopic (exact) mass is 273 g/mol. The Morgan fingerprint density at radius 1 is 1.50 bits per heavy atom. The third-order valence-electron chi connectivity index (χ3n) is 4.09. The van der Waals surface area contributed by atoms with Gasteiger partial charge in [-0.3, -0.25) is 0 Å². The van der Waals surface area contributed by atoms with E-state index in [9.17, 15) is 0 Å². The van der Waals surface area contributed by atoms with Crippen LogP contribution in [0, 0.1) is 5.41 Å². The fraction of sp³-hybridized carbons (Fsp3) is 0.562. The van der Waals surface area contributed by atoms with Gasteiger partial charge in [0, 0.05) is 37.0 Å². The lowest BCUT2D eigenvalue weighted by Gasteiger charge is -2.35. The zero-order valence-electron chi connectivity index (χ0n) is 12.3. The summed E-state index contributed by atoms with van der Waals surface area (Å²) in [5.41, 5.74) is 1.67. The Balaban J connectivity index is 1.55. The van der Waals surface area contributed by atoms with Gasteiger partial charge in [0.1, 0.15) is 5.76 Å². The molecule has 0 fully saturated rings. The summed E-state index contributed by atoms with van der Waals surface area (Å²) < 4.78 is 7.76. The lowest BCUT2D eigenvalue weighted by molar-refractivity contribution is 0.235. The van der Waals surface area contributed by atoms with Crippen LogP contribution in [-0.4, -0.2) is 16.1 Å². The second kappa shape index (κ2) is 5.44. The average Bonchev–Trinajstić information content (AvgIpc) is 3.03. The van der Waals surface area contributed by atoms with Gasteiger partial charge >= 0.3 is 0 Å². The highest BCUT2D eigenvalue weighted by molar-refractivity contribution is 5.26. The minimum Gasteiger partial charge on any atom is -0.469 e. The molecule has 1 N–H and O–H groups in total. The SMILES string of the molecule is CC1(C)Cc2occc2[C@@H](NCCCn2ccnc2)C1. The molecule has 4 heteroatoms. The van der Waals surface area contributed by atoms with Crippen LogP contribution in [0.3, 0.4) is 0 Å². The number of rotatable bonds is 5. The minimum atomic E-state index is 0.312. The van der Waals surface area contributed by atoms with Crippen molar-refractivity contribution in [3.63, 3.8) is 0 Å². The molecule has 0 amide bonds. The van der Waals surface area contributed by atoms with Crippen LogP contribution in [0.15, 0.2) is 35.5 Å². The first kappa shape index (κ1) is 13.4. The maximum absolute atomic E-state index is 5.63. The molecule has 1 aliphatic carbocycles. The molecule has 0 saturated heterocycles. The van der Waals surface area contributed by atoms with Gasteiger partial charge in [0.2, 0.25) is 0 Å². The number of aryl methyl sites for hydroxylation is 1. The van der Waals surface area contributed by atoms with Crippen molar-refractivity contribution in [3.05, 3.63) is 42.4 Å². The first-order valence-corrected chi connectivity index (χ1v) is 7.39. The topological polar surface area (TPSA) is 43.0 Å². The van der Waals surface area contributed by atoms with Crippen molar-refractivity contribution in [1.82, 2.24) is 14.9 Å². The number of hydrogen-bond donors (Lipinski definition) is 1. The van der Waals surface area contributed by atoms with Crippen LogP contribution in [0.5, 0.6) is 0 Å². The molecule has 0 unspecified atom stereocenters. The standard InChI is InChI=1S/C16H23N3O/c1-16(2)10-14(13-4-9-20-15(13)11-16)18-5-3-7-19-8-6-17-12-19/h4,6,8-9,12,14,18H,3,5,7,10-11H2,1-2H3/t14-/m0/s1. The van der Waals surface area contributed by atoms with E-state index in [1.54, 1.807) is 0 Å². The second-order valence-electron chi connectivity index (χ2n) is 6.51. The van der Waals surface area contributed by atoms with Gasteiger partial charge in [0.15, 0.2) is 0 Å². The molecule has 0 spiro atoms. The van der Waals surface area contributed by atoms with E-state index in [4.69, 9.17) is 4.42 Å². The summed E-state index contributed by atoms with van der Waals surface area (Å²) in [6.07, 6.45) is 10.9. The third kappa shape index (κ3) is 2.96. The lowest BCUT2D eigenvalue weighted by atomic mass is 9.75. The predicted molar refractivity (Wildman–Crippen MR) is 78.4 cm³/mol. The van der Waals surface area contributed by atoms with E-state index in [2.05, 4.69) is 34.8 Å². The number of aromatic nitrogens is 2. The number of nitrogens with one attached hydrogen (secondary N) is 1. The van der Waals surface area contributed by atoms with E-state index in [-0.39, 0.29) is 0 Å². The summed E-state index contributed by atoms with van der Waals surface area (Å²) in [7, 11) is 0. The predicted octanol–water partition coefficient (Wildman–Crippen LogP) is 3.17. The Labute approximate surface area is 120 Å². The first-order chi connectivity index (χ1) is 9.64. The van der Waals surface area contributed by atoms with E-state index in [1.807, 2.05) is 25.0 Å². The molecule has 4 nitrogen and oxygen atoms in total. The smallest absolute Gasteiger partial charge is 0.109 e. The van der Waals surface area contributed by atoms with Crippen LogP contribution in [0.1, 0.15) is 44.1 Å². The van der Waals surface area contributed by atoms with Crippen molar-refractivity contribution in [2.45, 2.75) is 45.7 Å². The fourth-order valence-electron chi connectivity index (χ4n) is 3.11. The molecule has 20 heavy (non-hydrogen) atoms. The minimum absolute atomic E-state index is 0.312. The molecule has 1 atom stereocenters. The van der Waals surface area contributed by atoms with Crippen LogP contribution in [0.25, 0.3) is 0 Å². The summed E-state index contributed by atoms with van der Waals surface area (Å²) in [6, 6.07) is 2.55. The number of imidazole rings is 1. The van der Waals surface area contributed by atoms with E-state index in [0.717, 1.165) is 31.7 Å². The molecule has 0 aliphatic heterocycles. The van der Waals surface area contributed by atoms with Gasteiger partial charge in [0.25, 0.3) is 0 Å². The van der Waals surface area contributed by atoms with Crippen molar-refractivity contribution >= 4 is 0 Å². The molecule has 3 rings (SSSR count). The van der Waals surface area contributed by atoms with E-state index in [0.29, 0.717) is 11.5 Å². The molecule has 2 heterocycles. The maximum Gasteiger partial charge on any atom is 0.109 e. The molecule has 1 aliphatic rings. The summed E-state index contributed by atoms with van der Waals surface area (Å²) in [5.74, 6) is 1.16. The van der Waals surface area contributed by atoms with Crippen LogP contribution in [0.2, 0.25) is 0 Å². The molecule has 2 aromatic heterocycles. The molecular formula is C16H23N3O. The van der Waals surface area contributed by atoms with Gasteiger partial charge in [-0.05, 0) is 30.9 Å². The van der Waals surface area contributed by atoms with Gasteiger partial charge in [-0.1, -0.05) is 13.8 Å². The highest BCUT2D eigenvalue weighted by atomic mass is 16.3. The molecular weight excluding hydrogens is 250 g/mol. The Bertz CT molecular complexity index is 542. The molecule has 108 valence electrons. The Hall–Kier alpha value is -1.55. The van der Waals surface area contributed by atoms with Crippen LogP contribution in [0.4, 0.5) is 0 Å². The number of hydrogen-bond acceptors (Lipinski definition) is 3. The summed E-state index contributed by atoms with van der Waals surface area (Å²) in [5, 5.41) is 3.69.